The lowest BCUT2D eigenvalue weighted by atomic mass is 10.1. The number of nitrogens with zero attached hydrogens (tertiary/aromatic N) is 4. The molecule has 0 saturated carbocycles. The van der Waals surface area contributed by atoms with E-state index in [1.165, 1.54) is 16.8 Å². The summed E-state index contributed by atoms with van der Waals surface area (Å²) in [5.74, 6) is -0.528. The van der Waals surface area contributed by atoms with Gasteiger partial charge in [0.1, 0.15) is 6.20 Å². The van der Waals surface area contributed by atoms with Crippen molar-refractivity contribution in [2.45, 2.75) is 20.3 Å². The first-order chi connectivity index (χ1) is 9.40. The van der Waals surface area contributed by atoms with E-state index >= 15 is 0 Å². The number of carbonyl (C=O) groups is 1. The maximum Gasteiger partial charge on any atom is 0.307 e. The van der Waals surface area contributed by atoms with E-state index in [-0.39, 0.29) is 12.1 Å². The van der Waals surface area contributed by atoms with Crippen LogP contribution in [0.1, 0.15) is 17.0 Å². The second-order valence-electron chi connectivity index (χ2n) is 4.26. The Kier molecular flexibility index (Phi) is 3.47. The van der Waals surface area contributed by atoms with Crippen LogP contribution in [0.4, 0.5) is 5.69 Å². The molecule has 0 saturated heterocycles. The fourth-order valence-electron chi connectivity index (χ4n) is 1.92. The van der Waals surface area contributed by atoms with Crippen LogP contribution in [0.15, 0.2) is 18.3 Å². The normalized spacial score (nSPS) is 10.5. The first-order valence-corrected chi connectivity index (χ1v) is 5.78. The van der Waals surface area contributed by atoms with E-state index in [2.05, 4.69) is 10.1 Å². The predicted molar refractivity (Wildman–Crippen MR) is 68.8 cm³/mol. The fourth-order valence-corrected chi connectivity index (χ4v) is 1.92. The third-order valence-electron chi connectivity index (χ3n) is 2.93. The van der Waals surface area contributed by atoms with Gasteiger partial charge in [-0.1, -0.05) is 0 Å². The molecule has 0 atom stereocenters. The molecule has 1 N–H and O–H groups in total. The highest BCUT2D eigenvalue weighted by molar-refractivity contribution is 5.71. The van der Waals surface area contributed by atoms with Gasteiger partial charge in [0.05, 0.1) is 17.0 Å². The molecule has 104 valence electrons. The number of carboxylic acid groups (broad SMARTS) is 1. The lowest BCUT2D eigenvalue weighted by Gasteiger charge is -2.03. The summed E-state index contributed by atoms with van der Waals surface area (Å²) in [4.78, 5) is 24.8. The van der Waals surface area contributed by atoms with Crippen LogP contribution < -0.4 is 0 Å². The van der Waals surface area contributed by atoms with Gasteiger partial charge in [-0.2, -0.15) is 5.10 Å². The Morgan fingerprint density at radius 1 is 1.45 bits per heavy atom. The fraction of sp³-hybridized carbons (Fsp3) is 0.250. The number of carboxylic acids is 1. The van der Waals surface area contributed by atoms with Gasteiger partial charge < -0.3 is 5.11 Å². The molecule has 0 aliphatic rings. The average molecular weight is 276 g/mol. The summed E-state index contributed by atoms with van der Waals surface area (Å²) < 4.78 is 1.48. The van der Waals surface area contributed by atoms with Gasteiger partial charge in [-0.3, -0.25) is 14.9 Å². The highest BCUT2D eigenvalue weighted by atomic mass is 16.6. The van der Waals surface area contributed by atoms with Crippen molar-refractivity contribution in [2.24, 2.45) is 0 Å². The zero-order valence-electron chi connectivity index (χ0n) is 10.9. The molecule has 0 fully saturated rings. The molecule has 0 aliphatic heterocycles. The molecular formula is C12H12N4O4. The first kappa shape index (κ1) is 13.7. The Morgan fingerprint density at radius 3 is 2.65 bits per heavy atom. The van der Waals surface area contributed by atoms with Crippen LogP contribution in [0.5, 0.6) is 0 Å². The summed E-state index contributed by atoms with van der Waals surface area (Å²) in [5.41, 5.74) is 1.77. The summed E-state index contributed by atoms with van der Waals surface area (Å²) in [5, 5.41) is 23.7. The minimum absolute atomic E-state index is 0.110. The molecule has 2 heterocycles. The topological polar surface area (TPSA) is 111 Å². The van der Waals surface area contributed by atoms with Crippen LogP contribution in [-0.2, 0) is 11.2 Å². The van der Waals surface area contributed by atoms with Crippen LogP contribution in [0.2, 0.25) is 0 Å². The predicted octanol–water partition coefficient (Wildman–Crippen LogP) is 1.42. The third kappa shape index (κ3) is 2.48. The van der Waals surface area contributed by atoms with E-state index in [1.807, 2.05) is 0 Å². The second-order valence-corrected chi connectivity index (χ2v) is 4.26. The van der Waals surface area contributed by atoms with Crippen LogP contribution in [0.25, 0.3) is 5.82 Å². The zero-order chi connectivity index (χ0) is 14.9. The Bertz CT molecular complexity index is 676. The summed E-state index contributed by atoms with van der Waals surface area (Å²) in [6.45, 7) is 3.45. The van der Waals surface area contributed by atoms with E-state index < -0.39 is 10.9 Å². The van der Waals surface area contributed by atoms with Crippen LogP contribution >= 0.6 is 0 Å². The van der Waals surface area contributed by atoms with Crippen LogP contribution in [0.3, 0.4) is 0 Å². The number of rotatable bonds is 4. The standard InChI is InChI=1S/C12H12N4O4/c1-7-10(5-12(17)18)8(2)15(14-7)11-4-3-9(6-13-11)16(19)20/h3-4,6H,5H2,1-2H3,(H,17,18). The summed E-state index contributed by atoms with van der Waals surface area (Å²) >= 11 is 0. The maximum atomic E-state index is 10.8. The number of hydrogen-bond donors (Lipinski definition) is 1. The molecule has 0 radical (unpaired) electrons. The minimum Gasteiger partial charge on any atom is -0.481 e. The lowest BCUT2D eigenvalue weighted by Crippen LogP contribution is -2.05. The van der Waals surface area contributed by atoms with Crippen molar-refractivity contribution >= 4 is 11.7 Å². The number of aromatic nitrogens is 3. The smallest absolute Gasteiger partial charge is 0.307 e. The minimum atomic E-state index is -0.938. The van der Waals surface area contributed by atoms with Gasteiger partial charge >= 0.3 is 5.97 Å². The molecule has 0 aromatic carbocycles. The second kappa shape index (κ2) is 5.08. The Morgan fingerprint density at radius 2 is 2.15 bits per heavy atom. The maximum absolute atomic E-state index is 10.8. The van der Waals surface area contributed by atoms with E-state index in [9.17, 15) is 14.9 Å². The van der Waals surface area contributed by atoms with Gasteiger partial charge in [0, 0.05) is 17.3 Å². The SMILES string of the molecule is Cc1nn(-c2ccc([N+](=O)[O-])cn2)c(C)c1CC(=O)O. The number of nitro groups is 1. The molecule has 8 nitrogen and oxygen atoms in total. The average Bonchev–Trinajstić information content (AvgIpc) is 2.66. The van der Waals surface area contributed by atoms with Crippen molar-refractivity contribution in [3.8, 4) is 5.82 Å². The highest BCUT2D eigenvalue weighted by Crippen LogP contribution is 2.18. The molecule has 0 bridgehead atoms. The van der Waals surface area contributed by atoms with Crippen molar-refractivity contribution < 1.29 is 14.8 Å². The molecule has 2 aromatic rings. The monoisotopic (exact) mass is 276 g/mol. The van der Waals surface area contributed by atoms with Crippen molar-refractivity contribution in [3.05, 3.63) is 45.4 Å². The molecule has 2 rings (SSSR count). The lowest BCUT2D eigenvalue weighted by molar-refractivity contribution is -0.385. The summed E-state index contributed by atoms with van der Waals surface area (Å²) in [6.07, 6.45) is 1.02. The Balaban J connectivity index is 2.43. The van der Waals surface area contributed by atoms with Gasteiger partial charge in [-0.15, -0.1) is 0 Å². The molecule has 0 aliphatic carbocycles. The molecule has 20 heavy (non-hydrogen) atoms. The van der Waals surface area contributed by atoms with Crippen molar-refractivity contribution in [3.63, 3.8) is 0 Å². The highest BCUT2D eigenvalue weighted by Gasteiger charge is 2.16. The van der Waals surface area contributed by atoms with Crippen molar-refractivity contribution in [1.29, 1.82) is 0 Å². The van der Waals surface area contributed by atoms with Gasteiger partial charge in [-0.25, -0.2) is 9.67 Å². The summed E-state index contributed by atoms with van der Waals surface area (Å²) in [7, 11) is 0. The molecule has 8 heteroatoms. The van der Waals surface area contributed by atoms with Gasteiger partial charge in [-0.05, 0) is 19.9 Å². The van der Waals surface area contributed by atoms with Crippen molar-refractivity contribution in [2.75, 3.05) is 0 Å². The summed E-state index contributed by atoms with van der Waals surface area (Å²) in [6, 6.07) is 2.80. The third-order valence-corrected chi connectivity index (χ3v) is 2.93. The molecule has 2 aromatic heterocycles. The largest absolute Gasteiger partial charge is 0.481 e. The van der Waals surface area contributed by atoms with E-state index in [0.29, 0.717) is 22.8 Å². The number of aryl methyl sites for hydroxylation is 1. The Labute approximate surface area is 113 Å². The van der Waals surface area contributed by atoms with E-state index in [0.717, 1.165) is 6.20 Å². The number of hydrogen-bond acceptors (Lipinski definition) is 5. The number of pyridine rings is 1. The van der Waals surface area contributed by atoms with Gasteiger partial charge in [0.2, 0.25) is 0 Å². The van der Waals surface area contributed by atoms with Crippen molar-refractivity contribution in [1.82, 2.24) is 14.8 Å². The molecule has 0 spiro atoms. The van der Waals surface area contributed by atoms with E-state index in [4.69, 9.17) is 5.11 Å². The van der Waals surface area contributed by atoms with Gasteiger partial charge in [0.15, 0.2) is 5.82 Å². The first-order valence-electron chi connectivity index (χ1n) is 5.78. The van der Waals surface area contributed by atoms with Gasteiger partial charge in [0.25, 0.3) is 5.69 Å². The zero-order valence-corrected chi connectivity index (χ0v) is 10.9. The number of aliphatic carboxylic acids is 1. The molecule has 0 amide bonds. The van der Waals surface area contributed by atoms with Crippen LogP contribution in [-0.4, -0.2) is 30.8 Å². The molecular weight excluding hydrogens is 264 g/mol. The Hall–Kier alpha value is -2.77. The quantitative estimate of drug-likeness (QED) is 0.667. The van der Waals surface area contributed by atoms with Crippen LogP contribution in [0, 0.1) is 24.0 Å². The molecule has 0 unspecified atom stereocenters. The van der Waals surface area contributed by atoms with E-state index in [1.54, 1.807) is 13.8 Å².